The summed E-state index contributed by atoms with van der Waals surface area (Å²) in [7, 11) is 0. The van der Waals surface area contributed by atoms with Crippen LogP contribution < -0.4 is 10.1 Å². The zero-order chi connectivity index (χ0) is 24.5. The number of nitrogens with one attached hydrogen (secondary N) is 1. The van der Waals surface area contributed by atoms with Crippen molar-refractivity contribution in [2.75, 3.05) is 6.54 Å². The van der Waals surface area contributed by atoms with Gasteiger partial charge in [0.2, 0.25) is 0 Å². The molecular weight excluding hydrogens is 430 g/mol. The lowest BCUT2D eigenvalue weighted by atomic mass is 10.0. The Morgan fingerprint density at radius 1 is 1.03 bits per heavy atom. The average Bonchev–Trinajstić information content (AvgIpc) is 3.27. The maximum absolute atomic E-state index is 12.2. The van der Waals surface area contributed by atoms with Crippen LogP contribution >= 0.6 is 0 Å². The number of nitrogens with zero attached hydrogens (tertiary/aromatic N) is 2. The molecule has 3 aromatic rings. The lowest BCUT2D eigenvalue weighted by molar-refractivity contribution is -0.136. The van der Waals surface area contributed by atoms with Gasteiger partial charge in [0.15, 0.2) is 0 Å². The van der Waals surface area contributed by atoms with Gasteiger partial charge in [-0.25, -0.2) is 4.98 Å². The molecule has 180 valence electrons. The van der Waals surface area contributed by atoms with Gasteiger partial charge in [-0.1, -0.05) is 39.3 Å². The molecule has 34 heavy (non-hydrogen) atoms. The fourth-order valence-electron chi connectivity index (χ4n) is 3.94. The molecule has 1 amide bonds. The molecule has 1 heterocycles. The average molecular weight is 464 g/mol. The third-order valence-corrected chi connectivity index (χ3v) is 5.74. The molecule has 0 aliphatic heterocycles. The van der Waals surface area contributed by atoms with Gasteiger partial charge in [0.05, 0.1) is 18.4 Å². The maximum Gasteiger partial charge on any atom is 0.305 e. The molecule has 0 saturated carbocycles. The Morgan fingerprint density at radius 3 is 2.32 bits per heavy atom. The Labute approximate surface area is 200 Å². The molecule has 0 fully saturated rings. The van der Waals surface area contributed by atoms with Gasteiger partial charge in [0.25, 0.3) is 5.91 Å². The van der Waals surface area contributed by atoms with Gasteiger partial charge < -0.3 is 19.7 Å². The Morgan fingerprint density at radius 2 is 1.74 bits per heavy atom. The van der Waals surface area contributed by atoms with Crippen LogP contribution in [0.4, 0.5) is 0 Å². The van der Waals surface area contributed by atoms with Crippen LogP contribution in [0.15, 0.2) is 54.9 Å². The summed E-state index contributed by atoms with van der Waals surface area (Å²) in [5, 5.41) is 11.3. The number of imidazole rings is 1. The first-order valence-corrected chi connectivity index (χ1v) is 11.9. The second-order valence-electron chi connectivity index (χ2n) is 8.13. The summed E-state index contributed by atoms with van der Waals surface area (Å²) in [5.74, 6) is -0.440. The van der Waals surface area contributed by atoms with Crippen molar-refractivity contribution in [3.05, 3.63) is 77.4 Å². The van der Waals surface area contributed by atoms with E-state index in [1.807, 2.05) is 42.7 Å². The quantitative estimate of drug-likeness (QED) is 0.389. The highest BCUT2D eigenvalue weighted by molar-refractivity contribution is 5.94. The van der Waals surface area contributed by atoms with E-state index in [9.17, 15) is 9.59 Å². The summed E-state index contributed by atoms with van der Waals surface area (Å²) in [4.78, 5) is 27.3. The summed E-state index contributed by atoms with van der Waals surface area (Å²) in [6.45, 7) is 6.48. The first-order valence-electron chi connectivity index (χ1n) is 11.9. The predicted octanol–water partition coefficient (Wildman–Crippen LogP) is 5.12. The number of carbonyl (C=O) groups is 2. The summed E-state index contributed by atoms with van der Waals surface area (Å²) >= 11 is 0. The van der Waals surface area contributed by atoms with Gasteiger partial charge in [-0.05, 0) is 61.2 Å². The van der Waals surface area contributed by atoms with Gasteiger partial charge in [0, 0.05) is 23.5 Å². The molecule has 0 aliphatic rings. The van der Waals surface area contributed by atoms with E-state index < -0.39 is 5.97 Å². The minimum Gasteiger partial charge on any atom is -0.486 e. The minimum atomic E-state index is -0.940. The number of hydrogen-bond donors (Lipinski definition) is 2. The number of amides is 1. The monoisotopic (exact) mass is 463 g/mol. The van der Waals surface area contributed by atoms with Crippen molar-refractivity contribution < 1.29 is 19.4 Å². The molecule has 1 aromatic heterocycles. The second-order valence-corrected chi connectivity index (χ2v) is 8.13. The Balaban J connectivity index is 1.69. The van der Waals surface area contributed by atoms with Gasteiger partial charge in [-0.3, -0.25) is 9.59 Å². The van der Waals surface area contributed by atoms with Crippen LogP contribution in [0.1, 0.15) is 73.4 Å². The molecule has 0 saturated heterocycles. The second kappa shape index (κ2) is 12.0. The van der Waals surface area contributed by atoms with Crippen LogP contribution in [0, 0.1) is 0 Å². The summed E-state index contributed by atoms with van der Waals surface area (Å²) in [6.07, 6.45) is 5.28. The number of rotatable bonds is 12. The Hall–Kier alpha value is -3.61. The highest BCUT2D eigenvalue weighted by Gasteiger charge is 2.15. The van der Waals surface area contributed by atoms with E-state index in [0.717, 1.165) is 48.4 Å². The van der Waals surface area contributed by atoms with Crippen molar-refractivity contribution in [2.24, 2.45) is 0 Å². The van der Waals surface area contributed by atoms with E-state index in [4.69, 9.17) is 9.84 Å². The molecular formula is C27H33N3O4. The van der Waals surface area contributed by atoms with Gasteiger partial charge >= 0.3 is 5.97 Å². The molecule has 0 aliphatic carbocycles. The molecule has 0 radical (unpaired) electrons. The Bertz CT molecular complexity index is 1090. The summed E-state index contributed by atoms with van der Waals surface area (Å²) in [5.41, 5.74) is 4.90. The molecule has 0 spiro atoms. The van der Waals surface area contributed by atoms with Crippen LogP contribution in [-0.2, 0) is 17.6 Å². The lowest BCUT2D eigenvalue weighted by Gasteiger charge is -2.20. The minimum absolute atomic E-state index is 0.102. The first-order chi connectivity index (χ1) is 16.5. The van der Waals surface area contributed by atoms with Crippen LogP contribution in [-0.4, -0.2) is 33.1 Å². The van der Waals surface area contributed by atoms with Gasteiger partial charge in [-0.15, -0.1) is 0 Å². The number of aryl methyl sites for hydroxylation is 1. The van der Waals surface area contributed by atoms with Gasteiger partial charge in [-0.2, -0.15) is 0 Å². The zero-order valence-corrected chi connectivity index (χ0v) is 20.1. The number of aliphatic carboxylic acids is 1. The number of carboxylic acids is 1. The molecule has 7 heteroatoms. The lowest BCUT2D eigenvalue weighted by Crippen LogP contribution is -2.26. The third-order valence-electron chi connectivity index (χ3n) is 5.74. The zero-order valence-electron chi connectivity index (χ0n) is 20.1. The molecule has 0 bridgehead atoms. The number of aromatic nitrogens is 2. The van der Waals surface area contributed by atoms with E-state index in [1.165, 1.54) is 5.69 Å². The first kappa shape index (κ1) is 25.0. The molecule has 2 aromatic carbocycles. The van der Waals surface area contributed by atoms with Crippen molar-refractivity contribution in [1.82, 2.24) is 14.9 Å². The standard InChI is InChI=1S/C27H33N3O4/c1-4-7-25(19-8-10-20(11-9-19)27(33)28-17-16-26(31)32)34-22-14-12-21(13-15-22)30-18-29-23(5-2)24(30)6-3/h8-15,18,25H,4-7,16-17H2,1-3H3,(H,28,33)(H,31,32). The van der Waals surface area contributed by atoms with E-state index in [-0.39, 0.29) is 25.0 Å². The summed E-state index contributed by atoms with van der Waals surface area (Å²) in [6, 6.07) is 15.3. The molecule has 1 atom stereocenters. The largest absolute Gasteiger partial charge is 0.486 e. The van der Waals surface area contributed by atoms with E-state index in [0.29, 0.717) is 5.56 Å². The fraction of sp³-hybridized carbons (Fsp3) is 0.370. The fourth-order valence-corrected chi connectivity index (χ4v) is 3.94. The van der Waals surface area contributed by atoms with Crippen LogP contribution in [0.25, 0.3) is 5.69 Å². The number of hydrogen-bond acceptors (Lipinski definition) is 4. The number of carbonyl (C=O) groups excluding carboxylic acids is 1. The van der Waals surface area contributed by atoms with Crippen LogP contribution in [0.2, 0.25) is 0 Å². The highest BCUT2D eigenvalue weighted by Crippen LogP contribution is 2.27. The van der Waals surface area contributed by atoms with Crippen LogP contribution in [0.5, 0.6) is 5.75 Å². The summed E-state index contributed by atoms with van der Waals surface area (Å²) < 4.78 is 8.45. The van der Waals surface area contributed by atoms with Crippen molar-refractivity contribution in [3.63, 3.8) is 0 Å². The van der Waals surface area contributed by atoms with Crippen molar-refractivity contribution in [2.45, 2.75) is 59.0 Å². The third kappa shape index (κ3) is 6.25. The normalized spacial score (nSPS) is 11.7. The highest BCUT2D eigenvalue weighted by atomic mass is 16.5. The van der Waals surface area contributed by atoms with Crippen molar-refractivity contribution >= 4 is 11.9 Å². The number of ether oxygens (including phenoxy) is 1. The number of carboxylic acid groups (broad SMARTS) is 1. The molecule has 3 rings (SSSR count). The van der Waals surface area contributed by atoms with Crippen LogP contribution in [0.3, 0.4) is 0 Å². The topological polar surface area (TPSA) is 93.5 Å². The Kier molecular flexibility index (Phi) is 8.85. The molecule has 2 N–H and O–H groups in total. The smallest absolute Gasteiger partial charge is 0.305 e. The molecule has 7 nitrogen and oxygen atoms in total. The molecule has 1 unspecified atom stereocenters. The maximum atomic E-state index is 12.2. The van der Waals surface area contributed by atoms with E-state index >= 15 is 0 Å². The number of benzene rings is 2. The van der Waals surface area contributed by atoms with E-state index in [1.54, 1.807) is 12.1 Å². The van der Waals surface area contributed by atoms with Crippen molar-refractivity contribution in [1.29, 1.82) is 0 Å². The van der Waals surface area contributed by atoms with Crippen molar-refractivity contribution in [3.8, 4) is 11.4 Å². The van der Waals surface area contributed by atoms with E-state index in [2.05, 4.69) is 35.6 Å². The predicted molar refractivity (Wildman–Crippen MR) is 132 cm³/mol. The van der Waals surface area contributed by atoms with Gasteiger partial charge in [0.1, 0.15) is 11.9 Å². The SMILES string of the molecule is CCCC(Oc1ccc(-n2cnc(CC)c2CC)cc1)c1ccc(C(=O)NCCC(=O)O)cc1.